The van der Waals surface area contributed by atoms with Crippen LogP contribution < -0.4 is 4.74 Å². The van der Waals surface area contributed by atoms with Crippen molar-refractivity contribution in [2.24, 2.45) is 17.8 Å². The van der Waals surface area contributed by atoms with Crippen molar-refractivity contribution in [1.82, 2.24) is 0 Å². The van der Waals surface area contributed by atoms with Crippen LogP contribution in [0.25, 0.3) is 0 Å². The second-order valence-corrected chi connectivity index (χ2v) is 8.74. The van der Waals surface area contributed by atoms with Crippen molar-refractivity contribution < 1.29 is 14.3 Å². The van der Waals surface area contributed by atoms with E-state index in [2.05, 4.69) is 19.1 Å². The van der Waals surface area contributed by atoms with Gasteiger partial charge >= 0.3 is 0 Å². The van der Waals surface area contributed by atoms with Gasteiger partial charge in [0.1, 0.15) is 11.5 Å². The molecule has 1 aromatic rings. The SMILES string of the molecule is CCCC1CCC(C(=O)C(c2ccc(OCC)cc2)C2CCCCC2)C(=O)C1. The third-order valence-electron chi connectivity index (χ3n) is 6.76. The van der Waals surface area contributed by atoms with Crippen LogP contribution in [-0.2, 0) is 9.59 Å². The van der Waals surface area contributed by atoms with Crippen molar-refractivity contribution in [2.45, 2.75) is 84.0 Å². The zero-order valence-corrected chi connectivity index (χ0v) is 17.6. The Labute approximate surface area is 170 Å². The lowest BCUT2D eigenvalue weighted by Gasteiger charge is -2.34. The molecular formula is C25H36O3. The molecule has 2 fully saturated rings. The number of hydrogen-bond acceptors (Lipinski definition) is 3. The van der Waals surface area contributed by atoms with Crippen molar-refractivity contribution in [3.8, 4) is 5.75 Å². The molecule has 3 heteroatoms. The monoisotopic (exact) mass is 384 g/mol. The van der Waals surface area contributed by atoms with Crippen LogP contribution in [-0.4, -0.2) is 18.2 Å². The highest BCUT2D eigenvalue weighted by Gasteiger charge is 2.40. The number of ketones is 2. The summed E-state index contributed by atoms with van der Waals surface area (Å²) in [5.41, 5.74) is 1.07. The van der Waals surface area contributed by atoms with Gasteiger partial charge in [0.25, 0.3) is 0 Å². The van der Waals surface area contributed by atoms with E-state index in [-0.39, 0.29) is 23.4 Å². The Balaban J connectivity index is 1.80. The standard InChI is InChI=1S/C25H36O3/c1-3-8-18-11-16-22(23(26)17-18)25(27)24(19-9-6-5-7-10-19)20-12-14-21(15-13-20)28-4-2/h12-15,18-19,22,24H,3-11,16-17H2,1-2H3. The smallest absolute Gasteiger partial charge is 0.151 e. The van der Waals surface area contributed by atoms with Crippen molar-refractivity contribution in [3.63, 3.8) is 0 Å². The summed E-state index contributed by atoms with van der Waals surface area (Å²) in [6.07, 6.45) is 10.5. The molecule has 2 aliphatic rings. The molecule has 2 saturated carbocycles. The minimum absolute atomic E-state index is 0.132. The van der Waals surface area contributed by atoms with Gasteiger partial charge in [-0.3, -0.25) is 9.59 Å². The van der Waals surface area contributed by atoms with E-state index in [4.69, 9.17) is 4.74 Å². The number of hydrogen-bond donors (Lipinski definition) is 0. The van der Waals surface area contributed by atoms with Crippen LogP contribution in [0.5, 0.6) is 5.75 Å². The van der Waals surface area contributed by atoms with Gasteiger partial charge in [0.2, 0.25) is 0 Å². The second-order valence-electron chi connectivity index (χ2n) is 8.74. The number of ether oxygens (including phenoxy) is 1. The third-order valence-corrected chi connectivity index (χ3v) is 6.76. The quantitative estimate of drug-likeness (QED) is 0.508. The van der Waals surface area contributed by atoms with E-state index in [1.165, 1.54) is 19.3 Å². The zero-order valence-electron chi connectivity index (χ0n) is 17.6. The summed E-state index contributed by atoms with van der Waals surface area (Å²) in [4.78, 5) is 26.5. The van der Waals surface area contributed by atoms with Crippen LogP contribution in [0.4, 0.5) is 0 Å². The predicted octanol–water partition coefficient (Wildman–Crippen LogP) is 6.10. The van der Waals surface area contributed by atoms with Gasteiger partial charge in [-0.25, -0.2) is 0 Å². The second kappa shape index (κ2) is 10.2. The molecule has 3 rings (SSSR count). The lowest BCUT2D eigenvalue weighted by molar-refractivity contribution is -0.137. The molecule has 3 nitrogen and oxygen atoms in total. The summed E-state index contributed by atoms with van der Waals surface area (Å²) in [5.74, 6) is 1.58. The van der Waals surface area contributed by atoms with Crippen LogP contribution in [0.1, 0.15) is 89.5 Å². The Morgan fingerprint density at radius 3 is 2.36 bits per heavy atom. The maximum Gasteiger partial charge on any atom is 0.151 e. The number of rotatable bonds is 8. The largest absolute Gasteiger partial charge is 0.494 e. The van der Waals surface area contributed by atoms with E-state index in [9.17, 15) is 9.59 Å². The average molecular weight is 385 g/mol. The van der Waals surface area contributed by atoms with E-state index in [0.29, 0.717) is 24.9 Å². The lowest BCUT2D eigenvalue weighted by atomic mass is 9.68. The molecule has 0 radical (unpaired) electrons. The van der Waals surface area contributed by atoms with Gasteiger partial charge < -0.3 is 4.74 Å². The average Bonchev–Trinajstić information content (AvgIpc) is 2.71. The van der Waals surface area contributed by atoms with Gasteiger partial charge in [0.15, 0.2) is 5.78 Å². The van der Waals surface area contributed by atoms with Crippen molar-refractivity contribution in [3.05, 3.63) is 29.8 Å². The molecule has 0 bridgehead atoms. The fourth-order valence-corrected chi connectivity index (χ4v) is 5.34. The molecule has 0 heterocycles. The molecule has 0 aromatic heterocycles. The van der Waals surface area contributed by atoms with Gasteiger partial charge in [0.05, 0.1) is 12.5 Å². The van der Waals surface area contributed by atoms with Gasteiger partial charge in [-0.2, -0.15) is 0 Å². The lowest BCUT2D eigenvalue weighted by Crippen LogP contribution is -2.36. The maximum absolute atomic E-state index is 13.6. The van der Waals surface area contributed by atoms with Crippen LogP contribution in [0.2, 0.25) is 0 Å². The van der Waals surface area contributed by atoms with Crippen LogP contribution >= 0.6 is 0 Å². The highest BCUT2D eigenvalue weighted by Crippen LogP contribution is 2.41. The first kappa shape index (κ1) is 21.1. The van der Waals surface area contributed by atoms with Gasteiger partial charge in [-0.05, 0) is 62.1 Å². The summed E-state index contributed by atoms with van der Waals surface area (Å²) >= 11 is 0. The first-order chi connectivity index (χ1) is 13.6. The number of carbonyl (C=O) groups excluding carboxylic acids is 2. The van der Waals surface area contributed by atoms with Gasteiger partial charge in [0, 0.05) is 12.3 Å². The van der Waals surface area contributed by atoms with Gasteiger partial charge in [-0.1, -0.05) is 51.2 Å². The molecule has 0 aliphatic heterocycles. The summed E-state index contributed by atoms with van der Waals surface area (Å²) < 4.78 is 5.58. The minimum Gasteiger partial charge on any atom is -0.494 e. The van der Waals surface area contributed by atoms with Crippen molar-refractivity contribution >= 4 is 11.6 Å². The molecule has 0 amide bonds. The molecule has 3 unspecified atom stereocenters. The third kappa shape index (κ3) is 5.04. The van der Waals surface area contributed by atoms with Crippen LogP contribution in [0, 0.1) is 17.8 Å². The van der Waals surface area contributed by atoms with E-state index in [1.807, 2.05) is 19.1 Å². The molecule has 1 aromatic carbocycles. The van der Waals surface area contributed by atoms with Gasteiger partial charge in [-0.15, -0.1) is 0 Å². The highest BCUT2D eigenvalue weighted by molar-refractivity contribution is 6.05. The normalized spacial score (nSPS) is 24.7. The minimum atomic E-state index is -0.383. The number of benzene rings is 1. The Bertz CT molecular complexity index is 642. The van der Waals surface area contributed by atoms with E-state index in [1.54, 1.807) is 0 Å². The fraction of sp³-hybridized carbons (Fsp3) is 0.680. The fourth-order valence-electron chi connectivity index (χ4n) is 5.34. The first-order valence-corrected chi connectivity index (χ1v) is 11.4. The Hall–Kier alpha value is -1.64. The van der Waals surface area contributed by atoms with E-state index < -0.39 is 0 Å². The molecule has 0 saturated heterocycles. The maximum atomic E-state index is 13.6. The Morgan fingerprint density at radius 2 is 1.75 bits per heavy atom. The topological polar surface area (TPSA) is 43.4 Å². The molecule has 0 N–H and O–H groups in total. The van der Waals surface area contributed by atoms with Crippen LogP contribution in [0.15, 0.2) is 24.3 Å². The Morgan fingerprint density at radius 1 is 1.04 bits per heavy atom. The molecule has 0 spiro atoms. The first-order valence-electron chi connectivity index (χ1n) is 11.4. The number of carbonyl (C=O) groups is 2. The number of Topliss-reactive ketones (excluding diaryl/α,β-unsaturated/α-hetero) is 2. The van der Waals surface area contributed by atoms with Crippen molar-refractivity contribution in [2.75, 3.05) is 6.61 Å². The Kier molecular flexibility index (Phi) is 7.70. The van der Waals surface area contributed by atoms with Crippen LogP contribution in [0.3, 0.4) is 0 Å². The predicted molar refractivity (Wildman–Crippen MR) is 113 cm³/mol. The summed E-state index contributed by atoms with van der Waals surface area (Å²) in [6.45, 7) is 4.79. The highest BCUT2D eigenvalue weighted by atomic mass is 16.5. The van der Waals surface area contributed by atoms with Crippen molar-refractivity contribution in [1.29, 1.82) is 0 Å². The van der Waals surface area contributed by atoms with E-state index >= 15 is 0 Å². The van der Waals surface area contributed by atoms with E-state index in [0.717, 1.165) is 49.8 Å². The molecule has 3 atom stereocenters. The molecule has 2 aliphatic carbocycles. The molecular weight excluding hydrogens is 348 g/mol. The summed E-state index contributed by atoms with van der Waals surface area (Å²) in [5, 5.41) is 0. The molecule has 28 heavy (non-hydrogen) atoms. The zero-order chi connectivity index (χ0) is 19.9. The summed E-state index contributed by atoms with van der Waals surface area (Å²) in [6, 6.07) is 8.05. The molecule has 154 valence electrons. The summed E-state index contributed by atoms with van der Waals surface area (Å²) in [7, 11) is 0.